The van der Waals surface area contributed by atoms with Crippen LogP contribution in [-0.4, -0.2) is 10.1 Å². The lowest BCUT2D eigenvalue weighted by molar-refractivity contribution is 0.391. The maximum absolute atomic E-state index is 5.55. The first-order valence-corrected chi connectivity index (χ1v) is 5.27. The van der Waals surface area contributed by atoms with Gasteiger partial charge in [-0.25, -0.2) is 0 Å². The average molecular weight is 274 g/mol. The van der Waals surface area contributed by atoms with Crippen molar-refractivity contribution in [3.8, 4) is 11.4 Å². The van der Waals surface area contributed by atoms with Gasteiger partial charge in [-0.3, -0.25) is 0 Å². The molecular formula is C9H6BrClN2O. The first kappa shape index (κ1) is 9.68. The van der Waals surface area contributed by atoms with Gasteiger partial charge < -0.3 is 4.52 Å². The molecule has 0 saturated carbocycles. The molecule has 0 unspecified atom stereocenters. The van der Waals surface area contributed by atoms with Gasteiger partial charge in [-0.1, -0.05) is 33.2 Å². The van der Waals surface area contributed by atoms with Crippen LogP contribution in [0.5, 0.6) is 0 Å². The summed E-state index contributed by atoms with van der Waals surface area (Å²) < 4.78 is 5.88. The van der Waals surface area contributed by atoms with Crippen molar-refractivity contribution in [2.75, 3.05) is 0 Å². The Hall–Kier alpha value is -0.870. The van der Waals surface area contributed by atoms with Crippen LogP contribution >= 0.6 is 27.5 Å². The zero-order valence-electron chi connectivity index (χ0n) is 7.08. The molecule has 2 rings (SSSR count). The molecule has 0 aliphatic rings. The summed E-state index contributed by atoms with van der Waals surface area (Å²) in [4.78, 5) is 4.11. The van der Waals surface area contributed by atoms with Gasteiger partial charge in [0.25, 0.3) is 0 Å². The van der Waals surface area contributed by atoms with Crippen LogP contribution in [0.2, 0.25) is 0 Å². The molecule has 1 aromatic carbocycles. The fourth-order valence-corrected chi connectivity index (χ4v) is 1.56. The summed E-state index contributed by atoms with van der Waals surface area (Å²) >= 11 is 8.92. The SMILES string of the molecule is ClCc1nc(-c2cccc(Br)c2)no1. The Kier molecular flexibility index (Phi) is 2.84. The Balaban J connectivity index is 2.39. The van der Waals surface area contributed by atoms with E-state index in [9.17, 15) is 0 Å². The van der Waals surface area contributed by atoms with Crippen LogP contribution in [0, 0.1) is 0 Å². The summed E-state index contributed by atoms with van der Waals surface area (Å²) in [6, 6.07) is 7.68. The fourth-order valence-electron chi connectivity index (χ4n) is 1.05. The molecule has 0 bridgehead atoms. The van der Waals surface area contributed by atoms with Crippen molar-refractivity contribution in [1.82, 2.24) is 10.1 Å². The number of hydrogen-bond acceptors (Lipinski definition) is 3. The lowest BCUT2D eigenvalue weighted by Crippen LogP contribution is -1.81. The monoisotopic (exact) mass is 272 g/mol. The van der Waals surface area contributed by atoms with Crippen LogP contribution < -0.4 is 0 Å². The van der Waals surface area contributed by atoms with Crippen molar-refractivity contribution in [2.24, 2.45) is 0 Å². The average Bonchev–Trinajstić information content (AvgIpc) is 2.66. The van der Waals surface area contributed by atoms with Gasteiger partial charge >= 0.3 is 0 Å². The minimum absolute atomic E-state index is 0.237. The van der Waals surface area contributed by atoms with E-state index in [0.717, 1.165) is 10.0 Å². The van der Waals surface area contributed by atoms with Crippen LogP contribution in [0.1, 0.15) is 5.89 Å². The minimum Gasteiger partial charge on any atom is -0.338 e. The number of rotatable bonds is 2. The van der Waals surface area contributed by atoms with E-state index in [1.165, 1.54) is 0 Å². The molecule has 1 heterocycles. The standard InChI is InChI=1S/C9H6BrClN2O/c10-7-3-1-2-6(4-7)9-12-8(5-11)14-13-9/h1-4H,5H2. The van der Waals surface area contributed by atoms with Gasteiger partial charge in [0.15, 0.2) is 0 Å². The summed E-state index contributed by atoms with van der Waals surface area (Å²) in [6.07, 6.45) is 0. The molecule has 0 N–H and O–H groups in total. The third-order valence-electron chi connectivity index (χ3n) is 1.67. The first-order chi connectivity index (χ1) is 6.79. The van der Waals surface area contributed by atoms with Crippen LogP contribution in [0.3, 0.4) is 0 Å². The molecule has 1 aromatic heterocycles. The van der Waals surface area contributed by atoms with E-state index in [2.05, 4.69) is 26.1 Å². The van der Waals surface area contributed by atoms with Crippen LogP contribution in [0.4, 0.5) is 0 Å². The second-order valence-corrected chi connectivity index (χ2v) is 3.84. The lowest BCUT2D eigenvalue weighted by Gasteiger charge is -1.93. The molecule has 0 spiro atoms. The Morgan fingerprint density at radius 2 is 2.29 bits per heavy atom. The van der Waals surface area contributed by atoms with E-state index < -0.39 is 0 Å². The number of alkyl halides is 1. The molecule has 0 amide bonds. The van der Waals surface area contributed by atoms with Crippen LogP contribution in [0.25, 0.3) is 11.4 Å². The third-order valence-corrected chi connectivity index (χ3v) is 2.39. The molecule has 0 radical (unpaired) electrons. The molecule has 0 saturated heterocycles. The van der Waals surface area contributed by atoms with E-state index in [4.69, 9.17) is 16.1 Å². The van der Waals surface area contributed by atoms with Crippen molar-refractivity contribution in [1.29, 1.82) is 0 Å². The molecule has 5 heteroatoms. The fraction of sp³-hybridized carbons (Fsp3) is 0.111. The molecule has 0 fully saturated rings. The molecule has 14 heavy (non-hydrogen) atoms. The number of halogens is 2. The van der Waals surface area contributed by atoms with Gasteiger partial charge in [-0.2, -0.15) is 4.98 Å². The van der Waals surface area contributed by atoms with Crippen LogP contribution in [0.15, 0.2) is 33.3 Å². The zero-order chi connectivity index (χ0) is 9.97. The Labute approximate surface area is 94.2 Å². The Morgan fingerprint density at radius 1 is 1.43 bits per heavy atom. The van der Waals surface area contributed by atoms with Crippen molar-refractivity contribution in [2.45, 2.75) is 5.88 Å². The Morgan fingerprint density at radius 3 is 2.93 bits per heavy atom. The third kappa shape index (κ3) is 1.96. The van der Waals surface area contributed by atoms with Gasteiger partial charge in [-0.05, 0) is 12.1 Å². The number of benzene rings is 1. The quantitative estimate of drug-likeness (QED) is 0.789. The maximum Gasteiger partial charge on any atom is 0.241 e. The topological polar surface area (TPSA) is 38.9 Å². The van der Waals surface area contributed by atoms with Crippen molar-refractivity contribution in [3.05, 3.63) is 34.6 Å². The molecule has 0 aliphatic heterocycles. The summed E-state index contributed by atoms with van der Waals surface area (Å²) in [5.74, 6) is 1.23. The highest BCUT2D eigenvalue weighted by atomic mass is 79.9. The number of aromatic nitrogens is 2. The van der Waals surface area contributed by atoms with E-state index in [-0.39, 0.29) is 5.88 Å². The molecule has 0 aliphatic carbocycles. The van der Waals surface area contributed by atoms with E-state index in [1.54, 1.807) is 0 Å². The van der Waals surface area contributed by atoms with Gasteiger partial charge in [0.2, 0.25) is 11.7 Å². The zero-order valence-corrected chi connectivity index (χ0v) is 9.42. The van der Waals surface area contributed by atoms with Crippen molar-refractivity contribution < 1.29 is 4.52 Å². The summed E-state index contributed by atoms with van der Waals surface area (Å²) in [5.41, 5.74) is 0.902. The highest BCUT2D eigenvalue weighted by molar-refractivity contribution is 9.10. The molecule has 3 nitrogen and oxygen atoms in total. The summed E-state index contributed by atoms with van der Waals surface area (Å²) in [5, 5.41) is 3.81. The number of hydrogen-bond donors (Lipinski definition) is 0. The maximum atomic E-state index is 5.55. The van der Waals surface area contributed by atoms with Crippen molar-refractivity contribution >= 4 is 27.5 Å². The highest BCUT2D eigenvalue weighted by Crippen LogP contribution is 2.20. The van der Waals surface area contributed by atoms with E-state index in [0.29, 0.717) is 11.7 Å². The molecule has 2 aromatic rings. The normalized spacial score (nSPS) is 10.4. The smallest absolute Gasteiger partial charge is 0.241 e. The molecule has 72 valence electrons. The predicted octanol–water partition coefficient (Wildman–Crippen LogP) is 3.24. The second kappa shape index (κ2) is 4.11. The van der Waals surface area contributed by atoms with Gasteiger partial charge in [-0.15, -0.1) is 11.6 Å². The highest BCUT2D eigenvalue weighted by Gasteiger charge is 2.07. The largest absolute Gasteiger partial charge is 0.338 e. The van der Waals surface area contributed by atoms with Crippen LogP contribution in [-0.2, 0) is 5.88 Å². The number of nitrogens with zero attached hydrogens (tertiary/aromatic N) is 2. The van der Waals surface area contributed by atoms with Crippen molar-refractivity contribution in [3.63, 3.8) is 0 Å². The van der Waals surface area contributed by atoms with E-state index >= 15 is 0 Å². The Bertz CT molecular complexity index is 444. The van der Waals surface area contributed by atoms with Gasteiger partial charge in [0.1, 0.15) is 5.88 Å². The predicted molar refractivity (Wildman–Crippen MR) is 57.0 cm³/mol. The lowest BCUT2D eigenvalue weighted by atomic mass is 10.2. The van der Waals surface area contributed by atoms with E-state index in [1.807, 2.05) is 24.3 Å². The molecule has 0 atom stereocenters. The summed E-state index contributed by atoms with van der Waals surface area (Å²) in [6.45, 7) is 0. The minimum atomic E-state index is 0.237. The van der Waals surface area contributed by atoms with Gasteiger partial charge in [0.05, 0.1) is 0 Å². The first-order valence-electron chi connectivity index (χ1n) is 3.94. The summed E-state index contributed by atoms with van der Waals surface area (Å²) in [7, 11) is 0. The second-order valence-electron chi connectivity index (χ2n) is 2.66. The van der Waals surface area contributed by atoms with Gasteiger partial charge in [0, 0.05) is 10.0 Å². The molecular weight excluding hydrogens is 267 g/mol.